The summed E-state index contributed by atoms with van der Waals surface area (Å²) >= 11 is 0. The van der Waals surface area contributed by atoms with Crippen molar-refractivity contribution in [2.24, 2.45) is 5.41 Å². The number of Topliss-reactive ketones (excluding diaryl/α,β-unsaturated/α-hetero) is 1. The maximum absolute atomic E-state index is 15.1. The van der Waals surface area contributed by atoms with Crippen LogP contribution in [-0.2, 0) is 35.9 Å². The van der Waals surface area contributed by atoms with E-state index in [1.165, 1.54) is 6.92 Å². The molecule has 2 aromatic rings. The molecule has 43 heavy (non-hydrogen) atoms. The molecule has 0 aliphatic carbocycles. The fourth-order valence-corrected chi connectivity index (χ4v) is 8.97. The van der Waals surface area contributed by atoms with Gasteiger partial charge in [-0.25, -0.2) is 0 Å². The van der Waals surface area contributed by atoms with Crippen molar-refractivity contribution in [1.82, 2.24) is 15.1 Å². The van der Waals surface area contributed by atoms with Gasteiger partial charge >= 0.3 is 0 Å². The first-order valence-electron chi connectivity index (χ1n) is 14.9. The predicted molar refractivity (Wildman–Crippen MR) is 157 cm³/mol. The standard InChI is InChI=1S/C33H38N4O6/c1-19(38)32-26-31(22-10-7-8-11-23(22)34-26)24(25(39)35-29(2,3)4)36(18-20-12-14-21(42-6)15-13-20)27(40)30(5)16-9-17-37(28(32)41)33(30,31)43-32/h7-8,10-15,24,26,34H,9,16-18H2,1-6H3,(H,35,39)/t24-,26+,30-,31+,32-,33+/m1/s1. The predicted octanol–water partition coefficient (Wildman–Crippen LogP) is 2.75. The Labute approximate surface area is 251 Å². The lowest BCUT2D eigenvalue weighted by atomic mass is 9.48. The van der Waals surface area contributed by atoms with E-state index in [-0.39, 0.29) is 18.4 Å². The lowest BCUT2D eigenvalue weighted by Crippen LogP contribution is -2.87. The van der Waals surface area contributed by atoms with Crippen LogP contribution in [0.3, 0.4) is 0 Å². The summed E-state index contributed by atoms with van der Waals surface area (Å²) in [6, 6.07) is 13.1. The van der Waals surface area contributed by atoms with Crippen LogP contribution in [0.2, 0.25) is 0 Å². The minimum atomic E-state index is -1.89. The van der Waals surface area contributed by atoms with E-state index in [1.807, 2.05) is 76.2 Å². The number of piperidine rings is 3. The largest absolute Gasteiger partial charge is 0.497 e. The Morgan fingerprint density at radius 3 is 2.44 bits per heavy atom. The van der Waals surface area contributed by atoms with E-state index in [0.29, 0.717) is 25.1 Å². The van der Waals surface area contributed by atoms with Gasteiger partial charge in [0.2, 0.25) is 17.4 Å². The van der Waals surface area contributed by atoms with E-state index < -0.39 is 51.5 Å². The molecule has 10 nitrogen and oxygen atoms in total. The van der Waals surface area contributed by atoms with Gasteiger partial charge in [-0.3, -0.25) is 19.2 Å². The number of benzene rings is 2. The van der Waals surface area contributed by atoms with Crippen molar-refractivity contribution in [1.29, 1.82) is 0 Å². The van der Waals surface area contributed by atoms with Crippen molar-refractivity contribution in [3.8, 4) is 5.75 Å². The zero-order valence-electron chi connectivity index (χ0n) is 25.4. The number of rotatable bonds is 5. The molecule has 7 rings (SSSR count). The highest BCUT2D eigenvalue weighted by Crippen LogP contribution is 2.75. The fourth-order valence-electron chi connectivity index (χ4n) is 8.97. The summed E-state index contributed by atoms with van der Waals surface area (Å²) in [4.78, 5) is 61.3. The van der Waals surface area contributed by atoms with Crippen molar-refractivity contribution in [2.75, 3.05) is 19.0 Å². The van der Waals surface area contributed by atoms with Crippen LogP contribution in [0.15, 0.2) is 48.5 Å². The highest BCUT2D eigenvalue weighted by molar-refractivity contribution is 6.15. The summed E-state index contributed by atoms with van der Waals surface area (Å²) in [5.74, 6) is -0.822. The van der Waals surface area contributed by atoms with Crippen LogP contribution in [0.4, 0.5) is 5.69 Å². The molecular weight excluding hydrogens is 548 g/mol. The number of anilines is 1. The third-order valence-corrected chi connectivity index (χ3v) is 10.4. The Kier molecular flexibility index (Phi) is 5.57. The molecule has 4 saturated heterocycles. The second kappa shape index (κ2) is 8.59. The molecule has 5 heterocycles. The van der Waals surface area contributed by atoms with Gasteiger partial charge in [-0.15, -0.1) is 0 Å². The van der Waals surface area contributed by atoms with Gasteiger partial charge in [0.15, 0.2) is 11.5 Å². The molecular formula is C33H38N4O6. The third-order valence-electron chi connectivity index (χ3n) is 10.4. The topological polar surface area (TPSA) is 117 Å². The van der Waals surface area contributed by atoms with Crippen molar-refractivity contribution in [2.45, 2.75) is 88.4 Å². The number of hydrogen-bond acceptors (Lipinski definition) is 7. The molecule has 0 radical (unpaired) electrons. The average molecular weight is 587 g/mol. The molecule has 2 bridgehead atoms. The van der Waals surface area contributed by atoms with Crippen LogP contribution in [-0.4, -0.2) is 75.9 Å². The van der Waals surface area contributed by atoms with Crippen molar-refractivity contribution >= 4 is 29.2 Å². The first-order chi connectivity index (χ1) is 20.3. The zero-order valence-corrected chi connectivity index (χ0v) is 25.4. The zero-order chi connectivity index (χ0) is 30.7. The van der Waals surface area contributed by atoms with Crippen LogP contribution >= 0.6 is 0 Å². The van der Waals surface area contributed by atoms with Gasteiger partial charge in [-0.2, -0.15) is 0 Å². The molecule has 4 fully saturated rings. The lowest BCUT2D eigenvalue weighted by Gasteiger charge is -2.66. The van der Waals surface area contributed by atoms with Gasteiger partial charge in [0, 0.05) is 24.3 Å². The molecule has 2 aromatic carbocycles. The Balaban J connectivity index is 1.55. The first kappa shape index (κ1) is 27.9. The molecule has 6 atom stereocenters. The van der Waals surface area contributed by atoms with Crippen LogP contribution in [0.1, 0.15) is 58.6 Å². The van der Waals surface area contributed by atoms with Crippen LogP contribution in [0.25, 0.3) is 0 Å². The van der Waals surface area contributed by atoms with Crippen molar-refractivity contribution < 1.29 is 28.7 Å². The summed E-state index contributed by atoms with van der Waals surface area (Å²) in [5.41, 5.74) is -4.26. The number of methoxy groups -OCH3 is 1. The Bertz CT molecular complexity index is 1580. The smallest absolute Gasteiger partial charge is 0.267 e. The maximum Gasteiger partial charge on any atom is 0.267 e. The molecule has 10 heteroatoms. The number of para-hydroxylation sites is 1. The number of amides is 3. The molecule has 2 spiro atoms. The van der Waals surface area contributed by atoms with Gasteiger partial charge in [0.1, 0.15) is 11.8 Å². The van der Waals surface area contributed by atoms with E-state index in [0.717, 1.165) is 16.8 Å². The normalized spacial score (nSPS) is 35.2. The number of nitrogens with zero attached hydrogens (tertiary/aromatic N) is 2. The number of carbonyl (C=O) groups is 4. The van der Waals surface area contributed by atoms with Crippen molar-refractivity contribution in [3.63, 3.8) is 0 Å². The number of carbonyl (C=O) groups excluding carboxylic acids is 4. The first-order valence-corrected chi connectivity index (χ1v) is 14.9. The minimum absolute atomic E-state index is 0.147. The summed E-state index contributed by atoms with van der Waals surface area (Å²) in [6.07, 6.45) is 1.01. The molecule has 5 aliphatic rings. The van der Waals surface area contributed by atoms with Gasteiger partial charge in [-0.1, -0.05) is 30.3 Å². The monoisotopic (exact) mass is 586 g/mol. The number of hydrogen-bond donors (Lipinski definition) is 2. The number of nitrogens with one attached hydrogen (secondary N) is 2. The van der Waals surface area contributed by atoms with Gasteiger partial charge in [0.05, 0.1) is 24.0 Å². The molecule has 0 unspecified atom stereocenters. The summed E-state index contributed by atoms with van der Waals surface area (Å²) in [6.45, 7) is 9.40. The van der Waals surface area contributed by atoms with E-state index in [2.05, 4.69) is 10.6 Å². The SMILES string of the molecule is COc1ccc(CN2C(=O)[C@@]3(C)CCCN4C(=O)[C@]5(C(C)=O)O[C@@]43[C@@]3(c4ccccc4N[C@H]53)[C@H]2C(=O)NC(C)(C)C)cc1. The Morgan fingerprint density at radius 2 is 1.79 bits per heavy atom. The highest BCUT2D eigenvalue weighted by atomic mass is 16.6. The maximum atomic E-state index is 15.1. The summed E-state index contributed by atoms with van der Waals surface area (Å²) in [5, 5.41) is 6.66. The number of ether oxygens (including phenoxy) is 2. The molecule has 226 valence electrons. The van der Waals surface area contributed by atoms with Crippen molar-refractivity contribution in [3.05, 3.63) is 59.7 Å². The number of likely N-dealkylation sites (tertiary alicyclic amines) is 1. The van der Waals surface area contributed by atoms with Gasteiger partial charge < -0.3 is 29.9 Å². The fraction of sp³-hybridized carbons (Fsp3) is 0.515. The Hall–Kier alpha value is -3.92. The van der Waals surface area contributed by atoms with Crippen LogP contribution in [0, 0.1) is 5.41 Å². The molecule has 0 saturated carbocycles. The molecule has 0 aromatic heterocycles. The van der Waals surface area contributed by atoms with E-state index >= 15 is 4.79 Å². The lowest BCUT2D eigenvalue weighted by molar-refractivity contribution is -0.250. The highest BCUT2D eigenvalue weighted by Gasteiger charge is 2.94. The van der Waals surface area contributed by atoms with Gasteiger partial charge in [-0.05, 0) is 76.8 Å². The van der Waals surface area contributed by atoms with Crippen LogP contribution in [0.5, 0.6) is 5.75 Å². The molecule has 2 N–H and O–H groups in total. The Morgan fingerprint density at radius 1 is 1.09 bits per heavy atom. The van der Waals surface area contributed by atoms with Crippen LogP contribution < -0.4 is 15.4 Å². The third kappa shape index (κ3) is 3.07. The minimum Gasteiger partial charge on any atom is -0.497 e. The number of fused-ring (bicyclic) bond motifs is 3. The summed E-state index contributed by atoms with van der Waals surface area (Å²) in [7, 11) is 1.59. The molecule has 3 amide bonds. The second-order valence-electron chi connectivity index (χ2n) is 13.8. The van der Waals surface area contributed by atoms with E-state index in [1.54, 1.807) is 16.9 Å². The second-order valence-corrected chi connectivity index (χ2v) is 13.8. The summed E-state index contributed by atoms with van der Waals surface area (Å²) < 4.78 is 12.3. The van der Waals surface area contributed by atoms with E-state index in [9.17, 15) is 14.4 Å². The number of ketones is 1. The average Bonchev–Trinajstić information content (AvgIpc) is 3.53. The quantitative estimate of drug-likeness (QED) is 0.518. The molecule has 5 aliphatic heterocycles. The van der Waals surface area contributed by atoms with E-state index in [4.69, 9.17) is 9.47 Å². The van der Waals surface area contributed by atoms with Gasteiger partial charge in [0.25, 0.3) is 5.91 Å².